The number of hydrogen-bond acceptors (Lipinski definition) is 6. The molecule has 0 amide bonds. The SMILES string of the molecule is CCCCOC[C@@H]1C[C@H](OCCCC)C[C@H](c2cc(Cc3nc4ccccc4s3)c(C)cc2OCCCC)O1. The molecular weight excluding hydrogens is 506 g/mol. The van der Waals surface area contributed by atoms with Gasteiger partial charge in [0, 0.05) is 38.0 Å². The predicted molar refractivity (Wildman–Crippen MR) is 161 cm³/mol. The maximum Gasteiger partial charge on any atom is 0.125 e. The van der Waals surface area contributed by atoms with Gasteiger partial charge in [-0.25, -0.2) is 4.98 Å². The van der Waals surface area contributed by atoms with Gasteiger partial charge < -0.3 is 18.9 Å². The summed E-state index contributed by atoms with van der Waals surface area (Å²) >= 11 is 1.78. The first kappa shape index (κ1) is 30.0. The van der Waals surface area contributed by atoms with Gasteiger partial charge in [0.25, 0.3) is 0 Å². The van der Waals surface area contributed by atoms with E-state index >= 15 is 0 Å². The molecule has 0 unspecified atom stereocenters. The number of aryl methyl sites for hydroxylation is 1. The van der Waals surface area contributed by atoms with Crippen LogP contribution in [0.1, 0.15) is 99.9 Å². The monoisotopic (exact) mass is 553 g/mol. The second kappa shape index (κ2) is 15.7. The van der Waals surface area contributed by atoms with Crippen molar-refractivity contribution >= 4 is 21.6 Å². The Kier molecular flexibility index (Phi) is 12.1. The topological polar surface area (TPSA) is 49.8 Å². The van der Waals surface area contributed by atoms with Crippen LogP contribution in [0.25, 0.3) is 10.2 Å². The Hall–Kier alpha value is -1.99. The molecule has 214 valence electrons. The second-order valence-electron chi connectivity index (χ2n) is 10.8. The number of thiazole rings is 1. The van der Waals surface area contributed by atoms with E-state index in [0.29, 0.717) is 13.2 Å². The van der Waals surface area contributed by atoms with Gasteiger partial charge in [-0.3, -0.25) is 0 Å². The Morgan fingerprint density at radius 3 is 2.51 bits per heavy atom. The minimum absolute atomic E-state index is 0.0183. The molecule has 1 aliphatic rings. The molecule has 0 spiro atoms. The first-order chi connectivity index (χ1) is 19.1. The Morgan fingerprint density at radius 1 is 0.949 bits per heavy atom. The molecule has 0 N–H and O–H groups in total. The molecule has 1 aliphatic heterocycles. The van der Waals surface area contributed by atoms with Crippen molar-refractivity contribution in [2.45, 2.75) is 104 Å². The van der Waals surface area contributed by atoms with E-state index in [9.17, 15) is 0 Å². The van der Waals surface area contributed by atoms with Gasteiger partial charge in [0.1, 0.15) is 5.75 Å². The minimum Gasteiger partial charge on any atom is -0.493 e. The van der Waals surface area contributed by atoms with Gasteiger partial charge in [0.2, 0.25) is 0 Å². The van der Waals surface area contributed by atoms with E-state index in [-0.39, 0.29) is 18.3 Å². The molecule has 1 aromatic heterocycles. The molecule has 3 atom stereocenters. The van der Waals surface area contributed by atoms with Crippen molar-refractivity contribution in [1.82, 2.24) is 4.98 Å². The number of unbranched alkanes of at least 4 members (excludes halogenated alkanes) is 3. The molecule has 0 saturated carbocycles. The number of fused-ring (bicyclic) bond motifs is 1. The lowest BCUT2D eigenvalue weighted by Crippen LogP contribution is -2.36. The van der Waals surface area contributed by atoms with Crippen LogP contribution in [-0.2, 0) is 20.6 Å². The summed E-state index contributed by atoms with van der Waals surface area (Å²) < 4.78 is 26.7. The number of nitrogens with zero attached hydrogens (tertiary/aromatic N) is 1. The fraction of sp³-hybridized carbons (Fsp3) is 0.606. The maximum absolute atomic E-state index is 6.73. The quantitative estimate of drug-likeness (QED) is 0.166. The molecular formula is C33H47NO4S. The number of aromatic nitrogens is 1. The van der Waals surface area contributed by atoms with Crippen LogP contribution < -0.4 is 4.74 Å². The average Bonchev–Trinajstić information content (AvgIpc) is 3.35. The summed E-state index contributed by atoms with van der Waals surface area (Å²) in [6, 6.07) is 12.9. The van der Waals surface area contributed by atoms with E-state index in [1.165, 1.54) is 15.8 Å². The number of para-hydroxylation sites is 1. The van der Waals surface area contributed by atoms with E-state index in [1.54, 1.807) is 11.3 Å². The zero-order valence-electron chi connectivity index (χ0n) is 24.4. The molecule has 2 heterocycles. The molecule has 39 heavy (non-hydrogen) atoms. The average molecular weight is 554 g/mol. The lowest BCUT2D eigenvalue weighted by atomic mass is 9.92. The van der Waals surface area contributed by atoms with Crippen molar-refractivity contribution in [3.8, 4) is 5.75 Å². The minimum atomic E-state index is -0.0866. The van der Waals surface area contributed by atoms with Crippen LogP contribution in [0.5, 0.6) is 5.75 Å². The number of benzene rings is 2. The summed E-state index contributed by atoms with van der Waals surface area (Å²) in [7, 11) is 0. The van der Waals surface area contributed by atoms with Gasteiger partial charge in [-0.2, -0.15) is 0 Å². The van der Waals surface area contributed by atoms with Crippen molar-refractivity contribution in [2.24, 2.45) is 0 Å². The molecule has 2 aromatic carbocycles. The van der Waals surface area contributed by atoms with Crippen LogP contribution in [0.3, 0.4) is 0 Å². The molecule has 1 fully saturated rings. The van der Waals surface area contributed by atoms with Gasteiger partial charge in [0.05, 0.1) is 46.7 Å². The molecule has 4 rings (SSSR count). The highest BCUT2D eigenvalue weighted by molar-refractivity contribution is 7.18. The van der Waals surface area contributed by atoms with Gasteiger partial charge in [-0.15, -0.1) is 11.3 Å². The summed E-state index contributed by atoms with van der Waals surface area (Å²) in [5, 5.41) is 1.14. The van der Waals surface area contributed by atoms with E-state index < -0.39 is 0 Å². The van der Waals surface area contributed by atoms with Crippen LogP contribution >= 0.6 is 11.3 Å². The Bertz CT molecular complexity index is 1110. The maximum atomic E-state index is 6.73. The molecule has 3 aromatic rings. The lowest BCUT2D eigenvalue weighted by Gasteiger charge is -2.36. The fourth-order valence-corrected chi connectivity index (χ4v) is 6.06. The summed E-state index contributed by atoms with van der Waals surface area (Å²) in [6.07, 6.45) is 9.19. The van der Waals surface area contributed by atoms with E-state index in [0.717, 1.165) is 92.8 Å². The standard InChI is InChI=1S/C33H47NO4S/c1-5-8-15-35-23-27-21-26(36-16-9-6-2)22-31(38-27)28-19-25(24(4)18-30(28)37-17-10-7-3)20-33-34-29-13-11-12-14-32(29)39-33/h11-14,18-19,26-27,31H,5-10,15-17,20-23H2,1-4H3/t26-,27-,31+/m0/s1. The van der Waals surface area contributed by atoms with Gasteiger partial charge in [0.15, 0.2) is 0 Å². The smallest absolute Gasteiger partial charge is 0.125 e. The highest BCUT2D eigenvalue weighted by atomic mass is 32.1. The summed E-state index contributed by atoms with van der Waals surface area (Å²) in [5.74, 6) is 0.943. The molecule has 0 bridgehead atoms. The summed E-state index contributed by atoms with van der Waals surface area (Å²) in [5.41, 5.74) is 4.72. The van der Waals surface area contributed by atoms with Crippen LogP contribution in [0, 0.1) is 6.92 Å². The zero-order valence-corrected chi connectivity index (χ0v) is 25.2. The molecule has 6 heteroatoms. The molecule has 5 nitrogen and oxygen atoms in total. The van der Waals surface area contributed by atoms with E-state index in [4.69, 9.17) is 23.9 Å². The Balaban J connectivity index is 1.60. The van der Waals surface area contributed by atoms with Gasteiger partial charge in [-0.1, -0.05) is 52.2 Å². The third kappa shape index (κ3) is 8.75. The van der Waals surface area contributed by atoms with E-state index in [1.807, 2.05) is 0 Å². The zero-order chi connectivity index (χ0) is 27.5. The largest absolute Gasteiger partial charge is 0.493 e. The van der Waals surface area contributed by atoms with Crippen molar-refractivity contribution in [2.75, 3.05) is 26.4 Å². The third-order valence-electron chi connectivity index (χ3n) is 7.41. The second-order valence-corrected chi connectivity index (χ2v) is 11.9. The fourth-order valence-electron chi connectivity index (χ4n) is 5.07. The van der Waals surface area contributed by atoms with Crippen molar-refractivity contribution in [3.63, 3.8) is 0 Å². The first-order valence-electron chi connectivity index (χ1n) is 15.1. The number of hydrogen-bond donors (Lipinski definition) is 0. The highest BCUT2D eigenvalue weighted by Gasteiger charge is 2.33. The van der Waals surface area contributed by atoms with Crippen molar-refractivity contribution in [1.29, 1.82) is 0 Å². The van der Waals surface area contributed by atoms with E-state index in [2.05, 4.69) is 64.1 Å². The van der Waals surface area contributed by atoms with Crippen LogP contribution in [0.4, 0.5) is 0 Å². The van der Waals surface area contributed by atoms with Crippen molar-refractivity contribution in [3.05, 3.63) is 58.1 Å². The third-order valence-corrected chi connectivity index (χ3v) is 8.44. The Labute approximate surface area is 239 Å². The summed E-state index contributed by atoms with van der Waals surface area (Å²) in [4.78, 5) is 4.91. The van der Waals surface area contributed by atoms with Gasteiger partial charge in [-0.05, 0) is 61.6 Å². The Morgan fingerprint density at radius 2 is 1.72 bits per heavy atom. The van der Waals surface area contributed by atoms with Crippen LogP contribution in [0.2, 0.25) is 0 Å². The predicted octanol–water partition coefficient (Wildman–Crippen LogP) is 8.60. The summed E-state index contributed by atoms with van der Waals surface area (Å²) in [6.45, 7) is 11.7. The van der Waals surface area contributed by atoms with Crippen LogP contribution in [0.15, 0.2) is 36.4 Å². The number of rotatable bonds is 16. The molecule has 1 saturated heterocycles. The highest BCUT2D eigenvalue weighted by Crippen LogP contribution is 2.40. The molecule has 0 radical (unpaired) electrons. The number of ether oxygens (including phenoxy) is 4. The van der Waals surface area contributed by atoms with Crippen LogP contribution in [-0.4, -0.2) is 43.6 Å². The lowest BCUT2D eigenvalue weighted by molar-refractivity contribution is -0.138. The normalized spacial score (nSPS) is 19.5. The molecule has 0 aliphatic carbocycles. The van der Waals surface area contributed by atoms with Crippen molar-refractivity contribution < 1.29 is 18.9 Å². The first-order valence-corrected chi connectivity index (χ1v) is 15.9. The van der Waals surface area contributed by atoms with Gasteiger partial charge >= 0.3 is 0 Å².